The minimum atomic E-state index is -0.835. The molecular weight excluding hydrogens is 1360 g/mol. The largest absolute Gasteiger partial charge is 0.481 e. The van der Waals surface area contributed by atoms with Crippen molar-refractivity contribution in [1.29, 1.82) is 0 Å². The number of aromatic nitrogens is 2. The number of carboxylic acid groups (broad SMARTS) is 1. The van der Waals surface area contributed by atoms with Gasteiger partial charge in [-0.1, -0.05) is 10.3 Å². The van der Waals surface area contributed by atoms with Crippen molar-refractivity contribution >= 4 is 75.6 Å². The second-order valence-corrected chi connectivity index (χ2v) is 31.3. The Hall–Kier alpha value is -7.78. The van der Waals surface area contributed by atoms with Gasteiger partial charge in [-0.25, -0.2) is 41.8 Å². The van der Waals surface area contributed by atoms with Gasteiger partial charge in [0.25, 0.3) is 0 Å². The number of carbonyl (C=O) groups is 7. The Morgan fingerprint density at radius 1 is 0.485 bits per heavy atom. The summed E-state index contributed by atoms with van der Waals surface area (Å²) in [6.07, 6.45) is 5.53. The number of rotatable bonds is 9. The monoisotopic (exact) mass is 1470 g/mol. The van der Waals surface area contributed by atoms with Crippen molar-refractivity contribution in [3.63, 3.8) is 0 Å². The number of hydroxylamine groups is 2. The first-order chi connectivity index (χ1) is 48.0. The summed E-state index contributed by atoms with van der Waals surface area (Å²) in [6, 6.07) is 8.46. The zero-order valence-electron chi connectivity index (χ0n) is 63.0. The predicted molar refractivity (Wildman–Crippen MR) is 381 cm³/mol. The van der Waals surface area contributed by atoms with Gasteiger partial charge in [-0.3, -0.25) is 19.2 Å². The van der Waals surface area contributed by atoms with Crippen LogP contribution in [0, 0.1) is 61.8 Å². The van der Waals surface area contributed by atoms with E-state index in [1.807, 2.05) is 68.4 Å². The number of piperidine rings is 5. The van der Waals surface area contributed by atoms with Crippen molar-refractivity contribution in [1.82, 2.24) is 39.9 Å². The average molecular weight is 1470 g/mol. The highest BCUT2D eigenvalue weighted by molar-refractivity contribution is 6.18. The van der Waals surface area contributed by atoms with Crippen molar-refractivity contribution in [2.24, 2.45) is 17.8 Å². The first-order valence-electron chi connectivity index (χ1n) is 35.4. The quantitative estimate of drug-likeness (QED) is 0.0473. The zero-order chi connectivity index (χ0) is 76.6. The molecule has 0 aliphatic carbocycles. The molecule has 5 aliphatic heterocycles. The van der Waals surface area contributed by atoms with Crippen molar-refractivity contribution in [3.05, 3.63) is 93.3 Å². The van der Waals surface area contributed by atoms with Crippen molar-refractivity contribution in [3.8, 4) is 0 Å². The zero-order valence-corrected chi connectivity index (χ0v) is 63.8. The first kappa shape index (κ1) is 84.2. The van der Waals surface area contributed by atoms with Crippen molar-refractivity contribution in [2.45, 2.75) is 202 Å². The number of carboxylic acids is 1. The number of hydrogen-bond donors (Lipinski definition) is 1. The Balaban J connectivity index is 0.000000204. The van der Waals surface area contributed by atoms with E-state index in [9.17, 15) is 51.1 Å². The van der Waals surface area contributed by atoms with Gasteiger partial charge in [-0.15, -0.1) is 11.6 Å². The van der Waals surface area contributed by atoms with Crippen LogP contribution in [-0.4, -0.2) is 201 Å². The fraction of sp³-hybridized carbons (Fsp3) is 0.640. The summed E-state index contributed by atoms with van der Waals surface area (Å²) in [5.74, 6) is -2.67. The second-order valence-electron chi connectivity index (χ2n) is 30.9. The van der Waals surface area contributed by atoms with Crippen LogP contribution in [0.15, 0.2) is 45.4 Å². The maximum absolute atomic E-state index is 13.9. The van der Waals surface area contributed by atoms with Gasteiger partial charge < -0.3 is 57.6 Å². The third-order valence-corrected chi connectivity index (χ3v) is 18.2. The van der Waals surface area contributed by atoms with Gasteiger partial charge in [0, 0.05) is 124 Å². The van der Waals surface area contributed by atoms with Gasteiger partial charge in [0.05, 0.1) is 30.0 Å². The van der Waals surface area contributed by atoms with Gasteiger partial charge in [0.1, 0.15) is 45.7 Å². The molecule has 0 radical (unpaired) electrons. The molecule has 5 aliphatic rings. The highest BCUT2D eigenvalue weighted by atomic mass is 35.5. The van der Waals surface area contributed by atoms with E-state index in [-0.39, 0.29) is 76.4 Å². The van der Waals surface area contributed by atoms with E-state index in [1.165, 1.54) is 37.3 Å². The lowest BCUT2D eigenvalue weighted by Gasteiger charge is -2.33. The number of Topliss-reactive ketones (excluding diaryl/α,β-unsaturated/α-hetero) is 1. The van der Waals surface area contributed by atoms with Gasteiger partial charge >= 0.3 is 30.3 Å². The van der Waals surface area contributed by atoms with Gasteiger partial charge in [-0.2, -0.15) is 0 Å². The highest BCUT2D eigenvalue weighted by Gasteiger charge is 2.36. The van der Waals surface area contributed by atoms with Crippen LogP contribution in [0.4, 0.5) is 36.7 Å². The van der Waals surface area contributed by atoms with Crippen LogP contribution >= 0.6 is 11.6 Å². The fourth-order valence-corrected chi connectivity index (χ4v) is 12.5. The second kappa shape index (κ2) is 36.8. The number of aliphatic carboxylic acids is 1. The van der Waals surface area contributed by atoms with Crippen LogP contribution in [0.25, 0.3) is 21.9 Å². The lowest BCUT2D eigenvalue weighted by molar-refractivity contribution is -0.174. The molecule has 0 atom stereocenters. The molecule has 28 heteroatoms. The van der Waals surface area contributed by atoms with E-state index in [0.29, 0.717) is 125 Å². The van der Waals surface area contributed by atoms with E-state index in [0.717, 1.165) is 73.5 Å². The van der Waals surface area contributed by atoms with E-state index < -0.39 is 46.1 Å². The number of ketones is 1. The molecule has 5 amide bonds. The maximum atomic E-state index is 13.9. The number of halogens is 5. The number of carbonyl (C=O) groups excluding carboxylic acids is 6. The Kier molecular flexibility index (Phi) is 30.0. The average Bonchev–Trinajstić information content (AvgIpc) is 1.79. The number of amides is 5. The number of alkyl halides is 1. The smallest absolute Gasteiger partial charge is 0.410 e. The number of benzene rings is 3. The summed E-state index contributed by atoms with van der Waals surface area (Å²) in [6.45, 7) is 34.0. The number of nitrogens with zero attached hydrogens (tertiary/aromatic N) is 8. The molecule has 1 N–H and O–H groups in total. The van der Waals surface area contributed by atoms with E-state index in [1.54, 1.807) is 67.3 Å². The standard InChI is InChI=1S/C18H23F2NO3.C18H23FN2O3.C15H18ClFN2O.C13H24N2O4.C11H19NO4/c1-11-9-13(15(20)10-14(11)19)16(22)12-5-7-21(8-6-12)17(23)24-18(2,3)4;1-11-9-13-15(10-14(11)19)24-20-16(13)12-5-7-21(8-6-12)17(22)23-18(2,3)4;1-10-8-12-14(9-13(10)17)20-18-15(12)11-2-5-19(6-3-11)7-4-16;1-13(2,3)19-12(17)15-8-6-10(7-9-15)11(16)14(4)18-5;1-11(2,3)16-10(15)12-6-4-8(5-7-12)9(13)14/h2*9-10,12H,5-8H2,1-4H3;8-9,11H,2-7H2,1H3;10H,6-9H2,1-5H3;8H,4-7H2,1-3H3,(H,13,14). The first-order valence-corrected chi connectivity index (χ1v) is 35.9. The molecule has 23 nitrogen and oxygen atoms in total. The summed E-state index contributed by atoms with van der Waals surface area (Å²) < 4.78 is 86.2. The normalized spacial score (nSPS) is 17.1. The topological polar surface area (TPSA) is 257 Å². The Bertz CT molecular complexity index is 3690. The van der Waals surface area contributed by atoms with Crippen molar-refractivity contribution in [2.75, 3.05) is 92.0 Å². The molecule has 5 saturated heterocycles. The van der Waals surface area contributed by atoms with E-state index in [2.05, 4.69) is 15.2 Å². The van der Waals surface area contributed by atoms with Gasteiger partial charge in [0.15, 0.2) is 16.9 Å². The molecule has 0 unspecified atom stereocenters. The molecule has 2 aromatic heterocycles. The SMILES string of the molecule is CC(C)(C)OC(=O)N1CCC(C(=O)O)CC1.CON(C)C(=O)C1CCN(C(=O)OC(C)(C)C)CC1.Cc1cc(C(=O)C2CCN(C(=O)OC(C)(C)C)CC2)c(F)cc1F.Cc1cc2c(C3CCN(C(=O)OC(C)(C)C)CC3)noc2cc1F.Cc1cc2c(C3CCN(CCCl)CC3)noc2cc1F. The minimum absolute atomic E-state index is 0.0358. The van der Waals surface area contributed by atoms with Crippen LogP contribution in [0.5, 0.6) is 0 Å². The molecule has 0 saturated carbocycles. The molecule has 7 heterocycles. The molecule has 3 aromatic carbocycles. The number of likely N-dealkylation sites (tertiary alicyclic amines) is 5. The third kappa shape index (κ3) is 25.5. The molecule has 572 valence electrons. The van der Waals surface area contributed by atoms with E-state index in [4.69, 9.17) is 49.5 Å². The van der Waals surface area contributed by atoms with Crippen LogP contribution in [0.3, 0.4) is 0 Å². The van der Waals surface area contributed by atoms with Crippen molar-refractivity contribution < 1.29 is 89.1 Å². The highest BCUT2D eigenvalue weighted by Crippen LogP contribution is 2.36. The lowest BCUT2D eigenvalue weighted by atomic mass is 9.88. The Morgan fingerprint density at radius 3 is 1.15 bits per heavy atom. The molecule has 0 spiro atoms. The van der Waals surface area contributed by atoms with E-state index >= 15 is 0 Å². The molecule has 5 fully saturated rings. The van der Waals surface area contributed by atoms with Crippen LogP contribution in [0.2, 0.25) is 0 Å². The van der Waals surface area contributed by atoms with Crippen LogP contribution in [0.1, 0.15) is 198 Å². The van der Waals surface area contributed by atoms with Gasteiger partial charge in [0.2, 0.25) is 5.91 Å². The Morgan fingerprint density at radius 2 is 0.806 bits per heavy atom. The number of fused-ring (bicyclic) bond motifs is 2. The fourth-order valence-electron chi connectivity index (χ4n) is 12.3. The molecule has 5 aromatic rings. The number of ether oxygens (including phenoxy) is 4. The number of hydrogen-bond acceptors (Lipinski definition) is 17. The van der Waals surface area contributed by atoms with Gasteiger partial charge in [-0.05, 0) is 216 Å². The molecule has 103 heavy (non-hydrogen) atoms. The minimum Gasteiger partial charge on any atom is -0.481 e. The third-order valence-electron chi connectivity index (χ3n) is 18.1. The summed E-state index contributed by atoms with van der Waals surface area (Å²) in [7, 11) is 3.07. The summed E-state index contributed by atoms with van der Waals surface area (Å²) in [5.41, 5.74) is 2.20. The molecular formula is C75H107ClF4N8O15. The summed E-state index contributed by atoms with van der Waals surface area (Å²) in [5, 5.41) is 20.2. The van der Waals surface area contributed by atoms with Crippen LogP contribution in [-0.2, 0) is 33.4 Å². The summed E-state index contributed by atoms with van der Waals surface area (Å²) >= 11 is 5.78. The maximum Gasteiger partial charge on any atom is 0.410 e. The Labute approximate surface area is 607 Å². The molecule has 10 rings (SSSR count). The summed E-state index contributed by atoms with van der Waals surface area (Å²) in [4.78, 5) is 96.5. The molecule has 0 bridgehead atoms. The number of aryl methyl sites for hydroxylation is 3. The lowest BCUT2D eigenvalue weighted by Crippen LogP contribution is -2.45. The predicted octanol–water partition coefficient (Wildman–Crippen LogP) is 15.6. The van der Waals surface area contributed by atoms with Crippen LogP contribution < -0.4 is 0 Å².